The Labute approximate surface area is 878 Å². The van der Waals surface area contributed by atoms with Gasteiger partial charge in [-0.25, -0.2) is 19.2 Å². The molecule has 8 aliphatic rings. The maximum atomic E-state index is 12.2. The molecule has 3 saturated carbocycles. The van der Waals surface area contributed by atoms with Gasteiger partial charge in [0.15, 0.2) is 25.2 Å². The molecular weight excluding hydrogens is 1900 g/mol. The van der Waals surface area contributed by atoms with Gasteiger partial charge in [0.1, 0.15) is 30.2 Å². The van der Waals surface area contributed by atoms with E-state index in [4.69, 9.17) is 89.5 Å². The number of carbonyl (C=O) groups excluding carboxylic acids is 8. The number of rotatable bonds is 28. The molecule has 0 radical (unpaired) electrons. The van der Waals surface area contributed by atoms with E-state index < -0.39 is 36.9 Å². The number of carbonyl (C=O) groups is 8. The van der Waals surface area contributed by atoms with Gasteiger partial charge in [0.05, 0.1) is 80.5 Å². The lowest BCUT2D eigenvalue weighted by Crippen LogP contribution is -2.51. The largest absolute Gasteiger partial charge is 0.508 e. The van der Waals surface area contributed by atoms with E-state index in [9.17, 15) is 38.4 Å². The Bertz CT molecular complexity index is 5020. The summed E-state index contributed by atoms with van der Waals surface area (Å²) in [6, 6.07) is 39.3. The first kappa shape index (κ1) is 121. The Morgan fingerprint density at radius 3 is 1.49 bits per heavy atom. The highest BCUT2D eigenvalue weighted by Crippen LogP contribution is 2.68. The van der Waals surface area contributed by atoms with Gasteiger partial charge in [-0.15, -0.1) is 0 Å². The smallest absolute Gasteiger partial charge is 0.497 e. The molecule has 30 heteroatoms. The van der Waals surface area contributed by atoms with Crippen LogP contribution in [0.25, 0.3) is 0 Å². The second-order valence-corrected chi connectivity index (χ2v) is 41.5. The standard InChI is InChI=1S/C32H54O3.C15H20ClNO3.C15H19ClO4.C14H19NO3.C14H20O3.2C13H18N2O3/c1-8-23(5)34-30(33)35-25-16-18-31(6)24(20-25)12-13-26-28-15-14-27(22(4)11-9-10-21(2)3)32(28,7)19-17-29(26)31;1-4-11-7-9(2)19-15(20-11)12-8-10(14(18)17-3)5-6-13(12)16;1-4-11-7-9(2)19-15(20-11)12-8-10(14(17)18-3)5-6-13(12)16;1-3-13-8-9-17-14(18-13)11-4-6-12(7-5-11)15-10(2)16;1-4-12-8-10(2)16-14(17-12)11-6-5-7-13(9-11)15-3;1-4-9(2)18-13(17)15-12-7-5-11(6-8-12)14-10(3)16;1-4-9(2)18-13(17)15-12-8-6-5-7-11(12)14-10(3)16/h12,21-23,25-29H,8-11,13-20H2,1-7H3;5-6,8-9,11,15H,4,7H2,1-3H3,(H,17,18);5-6,8-9,11,15H,4,7H2,1-3H3;4-7,13-14H,3,8-9H2,1-2H3,(H,15,16);5-7,9-10,12,14H,4,8H2,1-3H3;2*5-9H,4H2,1-3H3,(H,14,16)(H,15,17). The summed E-state index contributed by atoms with van der Waals surface area (Å²) in [6.45, 7) is 43.6. The van der Waals surface area contributed by atoms with Crippen LogP contribution in [0.2, 0.25) is 10.0 Å². The summed E-state index contributed by atoms with van der Waals surface area (Å²) < 4.78 is 77.8. The molecule has 6 aromatic carbocycles. The van der Waals surface area contributed by atoms with Crippen molar-refractivity contribution in [3.63, 3.8) is 0 Å². The zero-order valence-electron chi connectivity index (χ0n) is 90.9. The van der Waals surface area contributed by atoms with Crippen LogP contribution in [0.5, 0.6) is 5.75 Å². The molecular formula is C116H168Cl2N6O22. The first-order chi connectivity index (χ1) is 69.6. The minimum atomic E-state index is -0.541. The number of hydrogen-bond donors (Lipinski definition) is 6. The first-order valence-corrected chi connectivity index (χ1v) is 53.7. The molecule has 14 rings (SSSR count). The van der Waals surface area contributed by atoms with E-state index in [0.29, 0.717) is 65.9 Å². The molecule has 6 amide bonds. The fraction of sp³-hybridized carbons (Fsp3) is 0.603. The predicted octanol–water partition coefficient (Wildman–Crippen LogP) is 28.5. The predicted molar refractivity (Wildman–Crippen MR) is 574 cm³/mol. The number of benzene rings is 6. The number of fused-ring (bicyclic) bond motifs is 5. The summed E-state index contributed by atoms with van der Waals surface area (Å²) in [5.41, 5.74) is 9.93. The van der Waals surface area contributed by atoms with E-state index in [1.807, 2.05) is 104 Å². The number of para-hydroxylation sites is 2. The summed E-state index contributed by atoms with van der Waals surface area (Å²) >= 11 is 12.4. The van der Waals surface area contributed by atoms with E-state index in [1.54, 1.807) is 105 Å². The lowest BCUT2D eigenvalue weighted by molar-refractivity contribution is -0.244. The molecule has 0 spiro atoms. The van der Waals surface area contributed by atoms with Crippen LogP contribution in [0.1, 0.15) is 355 Å². The molecule has 4 aliphatic heterocycles. The zero-order chi connectivity index (χ0) is 107. The fourth-order valence-corrected chi connectivity index (χ4v) is 20.8. The Morgan fingerprint density at radius 1 is 0.479 bits per heavy atom. The molecule has 28 nitrogen and oxygen atoms in total. The Kier molecular flexibility index (Phi) is 50.6. The Hall–Kier alpha value is -9.72. The van der Waals surface area contributed by atoms with Gasteiger partial charge < -0.3 is 87.6 Å². The third kappa shape index (κ3) is 37.8. The molecule has 146 heavy (non-hydrogen) atoms. The van der Waals surface area contributed by atoms with Crippen LogP contribution in [0.4, 0.5) is 42.8 Å². The highest BCUT2D eigenvalue weighted by Gasteiger charge is 2.59. The summed E-state index contributed by atoms with van der Waals surface area (Å²) in [7, 11) is 4.61. The average Bonchev–Trinajstić information content (AvgIpc) is 1.65. The number of allylic oxidation sites excluding steroid dienone is 1. The molecule has 22 atom stereocenters. The van der Waals surface area contributed by atoms with E-state index in [-0.39, 0.29) is 103 Å². The average molecular weight is 2070 g/mol. The van der Waals surface area contributed by atoms with Gasteiger partial charge in [0, 0.05) is 89.2 Å². The van der Waals surface area contributed by atoms with Gasteiger partial charge in [-0.3, -0.25) is 29.8 Å². The highest BCUT2D eigenvalue weighted by molar-refractivity contribution is 6.32. The molecule has 0 aromatic heterocycles. The van der Waals surface area contributed by atoms with Crippen LogP contribution in [0.15, 0.2) is 145 Å². The van der Waals surface area contributed by atoms with Gasteiger partial charge in [-0.05, 0) is 301 Å². The minimum Gasteiger partial charge on any atom is -0.497 e. The number of anilines is 5. The second kappa shape index (κ2) is 60.8. The second-order valence-electron chi connectivity index (χ2n) is 40.7. The SMILES string of the molecule is CCC(C)OC(=O)Nc1ccc(NC(C)=O)cc1.CCC(C)OC(=O)Nc1ccccc1NC(C)=O.CCC(C)OC(=O)OC1CCC2(C)C(=CCC3C2CCC2(C)C(C(C)CCCC(C)C)CCC32)C1.CCC1CC(C)OC(c2cc(C(=O)NC)ccc2Cl)O1.CCC1CC(C)OC(c2cc(C(=O)OC)ccc2Cl)O1.CCC1CC(C)OC(c2cccc(OC)c2)O1.CCC1CCOC(c2ccc(NC(C)=O)cc2)O1. The van der Waals surface area contributed by atoms with Crippen LogP contribution < -0.4 is 36.6 Å². The Balaban J connectivity index is 0.000000212. The molecule has 7 fully saturated rings. The third-order valence-electron chi connectivity index (χ3n) is 29.0. The van der Waals surface area contributed by atoms with Crippen LogP contribution in [-0.2, 0) is 76.0 Å². The number of hydrogen-bond acceptors (Lipinski definition) is 22. The summed E-state index contributed by atoms with van der Waals surface area (Å²) in [6.07, 6.45) is 24.5. The van der Waals surface area contributed by atoms with Crippen molar-refractivity contribution in [2.45, 2.75) is 379 Å². The van der Waals surface area contributed by atoms with E-state index in [1.165, 1.54) is 79.2 Å². The quantitative estimate of drug-likeness (QED) is 0.0151. The fourth-order valence-electron chi connectivity index (χ4n) is 20.4. The van der Waals surface area contributed by atoms with Crippen molar-refractivity contribution in [2.75, 3.05) is 54.5 Å². The number of amides is 6. The third-order valence-corrected chi connectivity index (χ3v) is 29.7. The highest BCUT2D eigenvalue weighted by atomic mass is 35.5. The number of halogens is 2. The molecule has 0 bridgehead atoms. The zero-order valence-corrected chi connectivity index (χ0v) is 92.4. The van der Waals surface area contributed by atoms with Gasteiger partial charge in [0.25, 0.3) is 5.91 Å². The number of ether oxygens (including phenoxy) is 14. The van der Waals surface area contributed by atoms with Crippen molar-refractivity contribution in [3.8, 4) is 5.75 Å². The molecule has 4 aliphatic carbocycles. The van der Waals surface area contributed by atoms with E-state index in [2.05, 4.69) is 107 Å². The minimum absolute atomic E-state index is 0.0150. The molecule has 6 aromatic rings. The summed E-state index contributed by atoms with van der Waals surface area (Å²) in [5, 5.41) is 16.9. The number of methoxy groups -OCH3 is 2. The van der Waals surface area contributed by atoms with Crippen molar-refractivity contribution in [1.82, 2.24) is 5.32 Å². The van der Waals surface area contributed by atoms with Crippen LogP contribution in [0.3, 0.4) is 0 Å². The van der Waals surface area contributed by atoms with Crippen LogP contribution >= 0.6 is 23.2 Å². The first-order valence-electron chi connectivity index (χ1n) is 53.0. The molecule has 22 unspecified atom stereocenters. The topological polar surface area (TPSA) is 338 Å². The normalized spacial score (nSPS) is 26.0. The monoisotopic (exact) mass is 2070 g/mol. The van der Waals surface area contributed by atoms with Gasteiger partial charge in [-0.1, -0.05) is 174 Å². The van der Waals surface area contributed by atoms with Crippen molar-refractivity contribution < 1.29 is 105 Å². The molecule has 6 N–H and O–H groups in total. The lowest BCUT2D eigenvalue weighted by Gasteiger charge is -2.58. The van der Waals surface area contributed by atoms with E-state index >= 15 is 0 Å². The van der Waals surface area contributed by atoms with Crippen molar-refractivity contribution in [3.05, 3.63) is 189 Å². The summed E-state index contributed by atoms with van der Waals surface area (Å²) in [5.74, 6) is 5.05. The number of nitrogens with one attached hydrogen (secondary N) is 6. The van der Waals surface area contributed by atoms with E-state index in [0.717, 1.165) is 155 Å². The molecule has 4 heterocycles. The van der Waals surface area contributed by atoms with Crippen molar-refractivity contribution in [1.29, 1.82) is 0 Å². The molecule has 4 saturated heterocycles. The van der Waals surface area contributed by atoms with Crippen molar-refractivity contribution in [2.24, 2.45) is 46.3 Å². The Morgan fingerprint density at radius 2 is 0.973 bits per heavy atom. The van der Waals surface area contributed by atoms with Crippen LogP contribution in [0, 0.1) is 46.3 Å². The number of esters is 1. The van der Waals surface area contributed by atoms with Crippen molar-refractivity contribution >= 4 is 99.6 Å². The summed E-state index contributed by atoms with van der Waals surface area (Å²) in [4.78, 5) is 91.3. The van der Waals surface area contributed by atoms with Crippen LogP contribution in [-0.4, -0.2) is 143 Å². The molecule has 808 valence electrons. The van der Waals surface area contributed by atoms with Gasteiger partial charge in [-0.2, -0.15) is 0 Å². The maximum absolute atomic E-state index is 12.2. The lowest BCUT2D eigenvalue weighted by atomic mass is 9.47. The van der Waals surface area contributed by atoms with Gasteiger partial charge >= 0.3 is 24.3 Å². The maximum Gasteiger partial charge on any atom is 0.508 e. The van der Waals surface area contributed by atoms with Gasteiger partial charge in [0.2, 0.25) is 17.7 Å².